The minimum atomic E-state index is -0.609. The van der Waals surface area contributed by atoms with E-state index in [1.165, 1.54) is 11.3 Å². The van der Waals surface area contributed by atoms with Crippen LogP contribution in [0.5, 0.6) is 0 Å². The van der Waals surface area contributed by atoms with Crippen molar-refractivity contribution in [3.05, 3.63) is 27.9 Å². The number of nitrogens with zero attached hydrogens (tertiary/aromatic N) is 1. The number of rotatable bonds is 6. The maximum Gasteiger partial charge on any atom is 0.226 e. The second-order valence-corrected chi connectivity index (χ2v) is 5.60. The highest BCUT2D eigenvalue weighted by molar-refractivity contribution is 7.14. The lowest BCUT2D eigenvalue weighted by atomic mass is 10.2. The Balaban J connectivity index is 1.95. The van der Waals surface area contributed by atoms with Crippen molar-refractivity contribution >= 4 is 28.6 Å². The standard InChI is InChI=1S/C12H14N2O3S2/c15-4-10(5-16)13-11(17)3-9-7-19-12(14-9)8-1-2-18-6-8/h1-2,6-7,10,15-16H,3-5H2,(H,13,17). The smallest absolute Gasteiger partial charge is 0.226 e. The summed E-state index contributed by atoms with van der Waals surface area (Å²) < 4.78 is 0. The number of nitrogens with one attached hydrogen (secondary N) is 1. The third-order valence-electron chi connectivity index (χ3n) is 2.47. The van der Waals surface area contributed by atoms with Gasteiger partial charge < -0.3 is 15.5 Å². The van der Waals surface area contributed by atoms with Gasteiger partial charge in [-0.05, 0) is 11.4 Å². The highest BCUT2D eigenvalue weighted by Crippen LogP contribution is 2.25. The largest absolute Gasteiger partial charge is 0.394 e. The Labute approximate surface area is 118 Å². The van der Waals surface area contributed by atoms with E-state index in [1.54, 1.807) is 11.3 Å². The summed E-state index contributed by atoms with van der Waals surface area (Å²) in [6.45, 7) is -0.557. The number of thiophene rings is 1. The van der Waals surface area contributed by atoms with Crippen LogP contribution in [-0.2, 0) is 11.2 Å². The molecule has 0 aliphatic rings. The van der Waals surface area contributed by atoms with Crippen molar-refractivity contribution in [2.24, 2.45) is 0 Å². The van der Waals surface area contributed by atoms with Crippen LogP contribution in [0.3, 0.4) is 0 Å². The summed E-state index contributed by atoms with van der Waals surface area (Å²) in [5.41, 5.74) is 1.75. The van der Waals surface area contributed by atoms with Crippen molar-refractivity contribution in [3.63, 3.8) is 0 Å². The third kappa shape index (κ3) is 3.84. The molecular formula is C12H14N2O3S2. The Bertz CT molecular complexity index is 521. The third-order valence-corrected chi connectivity index (χ3v) is 4.09. The van der Waals surface area contributed by atoms with Crippen LogP contribution < -0.4 is 5.32 Å². The number of hydrogen-bond acceptors (Lipinski definition) is 6. The topological polar surface area (TPSA) is 82.5 Å². The van der Waals surface area contributed by atoms with E-state index in [1.807, 2.05) is 22.2 Å². The van der Waals surface area contributed by atoms with Gasteiger partial charge in [0, 0.05) is 16.3 Å². The summed E-state index contributed by atoms with van der Waals surface area (Å²) in [6, 6.07) is 1.38. The lowest BCUT2D eigenvalue weighted by Gasteiger charge is -2.12. The minimum Gasteiger partial charge on any atom is -0.394 e. The number of aliphatic hydroxyl groups is 2. The van der Waals surface area contributed by atoms with Gasteiger partial charge in [-0.25, -0.2) is 4.98 Å². The van der Waals surface area contributed by atoms with E-state index in [9.17, 15) is 4.79 Å². The van der Waals surface area contributed by atoms with Crippen molar-refractivity contribution in [1.29, 1.82) is 0 Å². The molecule has 2 aromatic heterocycles. The van der Waals surface area contributed by atoms with Gasteiger partial charge in [-0.1, -0.05) is 0 Å². The molecule has 0 atom stereocenters. The van der Waals surface area contributed by atoms with Gasteiger partial charge in [0.05, 0.1) is 31.4 Å². The average molecular weight is 298 g/mol. The molecule has 0 unspecified atom stereocenters. The maximum absolute atomic E-state index is 11.7. The van der Waals surface area contributed by atoms with E-state index in [2.05, 4.69) is 10.3 Å². The van der Waals surface area contributed by atoms with Gasteiger partial charge in [-0.3, -0.25) is 4.79 Å². The normalized spacial score (nSPS) is 10.9. The first-order chi connectivity index (χ1) is 9.22. The van der Waals surface area contributed by atoms with Gasteiger partial charge in [0.2, 0.25) is 5.91 Å². The molecule has 102 valence electrons. The molecule has 0 saturated heterocycles. The molecule has 5 nitrogen and oxygen atoms in total. The van der Waals surface area contributed by atoms with E-state index in [4.69, 9.17) is 10.2 Å². The van der Waals surface area contributed by atoms with Crippen molar-refractivity contribution in [2.45, 2.75) is 12.5 Å². The summed E-state index contributed by atoms with van der Waals surface area (Å²) in [5, 5.41) is 27.0. The molecule has 0 saturated carbocycles. The molecule has 0 bridgehead atoms. The average Bonchev–Trinajstić information content (AvgIpc) is 3.06. The Morgan fingerprint density at radius 3 is 2.79 bits per heavy atom. The second kappa shape index (κ2) is 6.76. The quantitative estimate of drug-likeness (QED) is 0.739. The summed E-state index contributed by atoms with van der Waals surface area (Å²) in [5.74, 6) is -0.254. The predicted molar refractivity (Wildman–Crippen MR) is 75.2 cm³/mol. The van der Waals surface area contributed by atoms with E-state index in [0.717, 1.165) is 10.6 Å². The van der Waals surface area contributed by atoms with E-state index in [0.29, 0.717) is 5.69 Å². The van der Waals surface area contributed by atoms with Crippen molar-refractivity contribution < 1.29 is 15.0 Å². The fourth-order valence-electron chi connectivity index (χ4n) is 1.50. The van der Waals surface area contributed by atoms with Crippen LogP contribution in [0, 0.1) is 0 Å². The van der Waals surface area contributed by atoms with Crippen LogP contribution in [0.4, 0.5) is 0 Å². The zero-order valence-corrected chi connectivity index (χ0v) is 11.7. The number of thiazole rings is 1. The Kier molecular flexibility index (Phi) is 5.03. The molecule has 0 fully saturated rings. The van der Waals surface area contributed by atoms with Crippen LogP contribution in [0.1, 0.15) is 5.69 Å². The summed E-state index contributed by atoms with van der Waals surface area (Å²) in [6.07, 6.45) is 0.150. The number of carbonyl (C=O) groups excluding carboxylic acids is 1. The summed E-state index contributed by atoms with van der Waals surface area (Å²) in [4.78, 5) is 16.1. The van der Waals surface area contributed by atoms with E-state index in [-0.39, 0.29) is 25.5 Å². The number of aliphatic hydroxyl groups excluding tert-OH is 2. The van der Waals surface area contributed by atoms with E-state index < -0.39 is 6.04 Å². The lowest BCUT2D eigenvalue weighted by molar-refractivity contribution is -0.121. The van der Waals surface area contributed by atoms with Gasteiger partial charge in [-0.15, -0.1) is 11.3 Å². The molecule has 1 amide bonds. The number of hydrogen-bond donors (Lipinski definition) is 3. The molecule has 2 heterocycles. The van der Waals surface area contributed by atoms with Crippen LogP contribution in [0.15, 0.2) is 22.2 Å². The molecule has 0 aromatic carbocycles. The fourth-order valence-corrected chi connectivity index (χ4v) is 3.03. The predicted octanol–water partition coefficient (Wildman–Crippen LogP) is 0.883. The van der Waals surface area contributed by atoms with E-state index >= 15 is 0 Å². The first-order valence-corrected chi connectivity index (χ1v) is 7.53. The first-order valence-electron chi connectivity index (χ1n) is 5.71. The van der Waals surface area contributed by atoms with Gasteiger partial charge in [0.1, 0.15) is 5.01 Å². The zero-order chi connectivity index (χ0) is 13.7. The summed E-state index contributed by atoms with van der Waals surface area (Å²) in [7, 11) is 0. The van der Waals surface area contributed by atoms with Gasteiger partial charge in [0.25, 0.3) is 0 Å². The van der Waals surface area contributed by atoms with Gasteiger partial charge in [0.15, 0.2) is 0 Å². The zero-order valence-electron chi connectivity index (χ0n) is 10.1. The van der Waals surface area contributed by atoms with Crippen molar-refractivity contribution in [3.8, 4) is 10.6 Å². The molecule has 3 N–H and O–H groups in total. The monoisotopic (exact) mass is 298 g/mol. The number of carbonyl (C=O) groups is 1. The van der Waals surface area contributed by atoms with Crippen LogP contribution >= 0.6 is 22.7 Å². The number of aromatic nitrogens is 1. The molecule has 0 aliphatic carbocycles. The Morgan fingerprint density at radius 2 is 2.16 bits per heavy atom. The van der Waals surface area contributed by atoms with Crippen molar-refractivity contribution in [1.82, 2.24) is 10.3 Å². The molecule has 0 spiro atoms. The van der Waals surface area contributed by atoms with Crippen LogP contribution in [-0.4, -0.2) is 40.4 Å². The van der Waals surface area contributed by atoms with Crippen LogP contribution in [0.25, 0.3) is 10.6 Å². The highest BCUT2D eigenvalue weighted by Gasteiger charge is 2.13. The molecule has 0 aliphatic heterocycles. The second-order valence-electron chi connectivity index (χ2n) is 3.96. The highest BCUT2D eigenvalue weighted by atomic mass is 32.1. The Morgan fingerprint density at radius 1 is 1.37 bits per heavy atom. The lowest BCUT2D eigenvalue weighted by Crippen LogP contribution is -2.40. The van der Waals surface area contributed by atoms with Gasteiger partial charge >= 0.3 is 0 Å². The Hall–Kier alpha value is -1.28. The first kappa shape index (κ1) is 14.1. The molecule has 19 heavy (non-hydrogen) atoms. The van der Waals surface area contributed by atoms with Gasteiger partial charge in [-0.2, -0.15) is 11.3 Å². The van der Waals surface area contributed by atoms with Crippen molar-refractivity contribution in [2.75, 3.05) is 13.2 Å². The molecular weight excluding hydrogens is 284 g/mol. The molecule has 7 heteroatoms. The molecule has 2 rings (SSSR count). The summed E-state index contributed by atoms with van der Waals surface area (Å²) >= 11 is 3.10. The minimum absolute atomic E-state index is 0.150. The maximum atomic E-state index is 11.7. The molecule has 2 aromatic rings. The fraction of sp³-hybridized carbons (Fsp3) is 0.333. The molecule has 0 radical (unpaired) electrons. The SMILES string of the molecule is O=C(Cc1csc(-c2ccsc2)n1)NC(CO)CO. The number of amides is 1. The van der Waals surface area contributed by atoms with Crippen LogP contribution in [0.2, 0.25) is 0 Å².